The smallest absolute Gasteiger partial charge is 0.341 e. The van der Waals surface area contributed by atoms with Crippen molar-refractivity contribution in [3.05, 3.63) is 93.3 Å². The van der Waals surface area contributed by atoms with Gasteiger partial charge in [-0.2, -0.15) is 0 Å². The van der Waals surface area contributed by atoms with Gasteiger partial charge in [0.25, 0.3) is 5.91 Å². The fraction of sp³-hybridized carbons (Fsp3) is 0.383. The third-order valence-electron chi connectivity index (χ3n) is 11.8. The number of hydrogen-bond acceptors (Lipinski definition) is 13. The van der Waals surface area contributed by atoms with E-state index in [0.29, 0.717) is 90.2 Å². The van der Waals surface area contributed by atoms with Gasteiger partial charge in [-0.3, -0.25) is 34.1 Å². The number of fused-ring (bicyclic) bond motifs is 1. The number of ketones is 1. The summed E-state index contributed by atoms with van der Waals surface area (Å²) < 4.78 is 33.9. The average Bonchev–Trinajstić information content (AvgIpc) is 3.82. The number of ether oxygens (including phenoxy) is 1. The van der Waals surface area contributed by atoms with E-state index in [0.717, 1.165) is 17.0 Å². The lowest BCUT2D eigenvalue weighted by Crippen LogP contribution is -2.52. The van der Waals surface area contributed by atoms with Gasteiger partial charge in [0.15, 0.2) is 18.1 Å². The first-order valence-corrected chi connectivity index (χ1v) is 25.0. The number of anilines is 3. The molecule has 3 aliphatic rings. The highest BCUT2D eigenvalue weighted by Crippen LogP contribution is 2.46. The lowest BCUT2D eigenvalue weighted by molar-refractivity contribution is -0.139. The fourth-order valence-electron chi connectivity index (χ4n) is 8.41. The second kappa shape index (κ2) is 22.2. The maximum absolute atomic E-state index is 13.5. The largest absolute Gasteiger partial charge is 0.479 e. The van der Waals surface area contributed by atoms with Gasteiger partial charge in [-0.1, -0.05) is 48.4 Å². The van der Waals surface area contributed by atoms with Crippen LogP contribution in [0.15, 0.2) is 66.7 Å². The van der Waals surface area contributed by atoms with Crippen molar-refractivity contribution in [3.63, 3.8) is 0 Å². The standard InChI is InChI=1S/C47H52ClN7O11S2/c1-28(56)44-43(66-26-41(60)61)42(48)45(67-44)30-9-6-11-33(23-30)51-31-17-20-54(21-18-31)68(64,65)27-29-8-5-10-32(22-29)52-38(57)14-3-2-4-19-49-40(59)24-50-36-13-7-12-34-35(36)25-55(47(34)63)37-15-16-39(58)53-46(37)62/h5-13,22-23,31,37,50-51H,2-4,14-21,24-27H2,1H3,(H,49,59)(H,52,57)(H,60,61)(H,53,58,62). The quantitative estimate of drug-likeness (QED) is 0.0337. The first-order valence-electron chi connectivity index (χ1n) is 22.2. The van der Waals surface area contributed by atoms with Gasteiger partial charge in [0.05, 0.1) is 17.2 Å². The van der Waals surface area contributed by atoms with Gasteiger partial charge < -0.3 is 36.0 Å². The molecule has 2 fully saturated rings. The average molecular weight is 991 g/mol. The van der Waals surface area contributed by atoms with Crippen LogP contribution < -0.4 is 31.3 Å². The second-order valence-electron chi connectivity index (χ2n) is 16.8. The highest BCUT2D eigenvalue weighted by molar-refractivity contribution is 7.88. The molecule has 2 saturated heterocycles. The number of nitrogens with zero attached hydrogens (tertiary/aromatic N) is 2. The molecule has 1 unspecified atom stereocenters. The van der Waals surface area contributed by atoms with E-state index in [1.165, 1.54) is 16.1 Å². The zero-order chi connectivity index (χ0) is 48.5. The van der Waals surface area contributed by atoms with Crippen molar-refractivity contribution < 1.29 is 51.8 Å². The van der Waals surface area contributed by atoms with E-state index in [9.17, 15) is 42.0 Å². The predicted molar refractivity (Wildman–Crippen MR) is 256 cm³/mol. The number of benzene rings is 3. The molecule has 0 spiro atoms. The molecule has 4 heterocycles. The highest BCUT2D eigenvalue weighted by atomic mass is 35.5. The van der Waals surface area contributed by atoms with Gasteiger partial charge in [0.1, 0.15) is 15.9 Å². The minimum atomic E-state index is -3.67. The van der Waals surface area contributed by atoms with Crippen molar-refractivity contribution in [2.24, 2.45) is 0 Å². The summed E-state index contributed by atoms with van der Waals surface area (Å²) in [6.07, 6.45) is 3.68. The first kappa shape index (κ1) is 49.6. The SMILES string of the molecule is CC(=O)c1sc(-c2cccc(NC3CCN(S(=O)(=O)Cc4cccc(NC(=O)CCCCCNC(=O)CNc5cccc6c5CN(C5CCC(=O)NC5=O)C6=O)c4)CC3)c2)c(Cl)c1OCC(=O)O. The number of nitrogens with one attached hydrogen (secondary N) is 5. The molecule has 3 aromatic carbocycles. The van der Waals surface area contributed by atoms with Crippen molar-refractivity contribution in [1.29, 1.82) is 0 Å². The van der Waals surface area contributed by atoms with Gasteiger partial charge in [-0.25, -0.2) is 17.5 Å². The van der Waals surface area contributed by atoms with E-state index in [-0.39, 0.29) is 89.2 Å². The van der Waals surface area contributed by atoms with E-state index < -0.39 is 34.5 Å². The Morgan fingerprint density at radius 1 is 0.926 bits per heavy atom. The number of carboxylic acid groups (broad SMARTS) is 1. The Bertz CT molecular complexity index is 2720. The normalized spacial score (nSPS) is 16.5. The molecular formula is C47H52ClN7O11S2. The van der Waals surface area contributed by atoms with Crippen molar-refractivity contribution in [2.45, 2.75) is 82.7 Å². The Hall–Kier alpha value is -6.35. The predicted octanol–water partition coefficient (Wildman–Crippen LogP) is 5.63. The Kier molecular flexibility index (Phi) is 16.2. The van der Waals surface area contributed by atoms with E-state index in [2.05, 4.69) is 26.6 Å². The fourth-order valence-corrected chi connectivity index (χ4v) is 11.4. The number of rotatable bonds is 21. The maximum atomic E-state index is 13.5. The molecule has 6 N–H and O–H groups in total. The molecule has 4 aromatic rings. The summed E-state index contributed by atoms with van der Waals surface area (Å²) >= 11 is 7.71. The van der Waals surface area contributed by atoms with Crippen LogP contribution in [0.2, 0.25) is 5.02 Å². The van der Waals surface area contributed by atoms with Crippen LogP contribution in [0.25, 0.3) is 10.4 Å². The topological polar surface area (TPSA) is 250 Å². The van der Waals surface area contributed by atoms with Crippen molar-refractivity contribution in [3.8, 4) is 16.2 Å². The van der Waals surface area contributed by atoms with Crippen molar-refractivity contribution >= 4 is 91.3 Å². The van der Waals surface area contributed by atoms with Crippen LogP contribution in [0.4, 0.5) is 17.1 Å². The number of carboxylic acids is 1. The zero-order valence-corrected chi connectivity index (χ0v) is 39.6. The van der Waals surface area contributed by atoms with Crippen LogP contribution in [0.1, 0.15) is 89.4 Å². The number of sulfonamides is 1. The number of carbonyl (C=O) groups excluding carboxylic acids is 6. The van der Waals surface area contributed by atoms with Crippen molar-refractivity contribution in [1.82, 2.24) is 19.8 Å². The number of hydrogen-bond donors (Lipinski definition) is 6. The molecule has 360 valence electrons. The molecule has 18 nitrogen and oxygen atoms in total. The number of imide groups is 1. The highest BCUT2D eigenvalue weighted by Gasteiger charge is 2.40. The van der Waals surface area contributed by atoms with E-state index >= 15 is 0 Å². The molecule has 0 bridgehead atoms. The molecule has 68 heavy (non-hydrogen) atoms. The summed E-state index contributed by atoms with van der Waals surface area (Å²) in [4.78, 5) is 88.1. The minimum Gasteiger partial charge on any atom is -0.479 e. The number of unbranched alkanes of at least 4 members (excludes halogenated alkanes) is 2. The number of carbonyl (C=O) groups is 7. The lowest BCUT2D eigenvalue weighted by Gasteiger charge is -2.32. The Morgan fingerprint density at radius 2 is 1.68 bits per heavy atom. The number of Topliss-reactive ketones (excluding diaryl/α,β-unsaturated/α-hetero) is 1. The van der Waals surface area contributed by atoms with Crippen LogP contribution in [0.5, 0.6) is 5.75 Å². The Balaban J connectivity index is 0.796. The van der Waals surface area contributed by atoms with Gasteiger partial charge in [-0.15, -0.1) is 11.3 Å². The zero-order valence-electron chi connectivity index (χ0n) is 37.2. The number of amides is 5. The van der Waals surface area contributed by atoms with E-state index in [1.54, 1.807) is 42.5 Å². The monoisotopic (exact) mass is 989 g/mol. The van der Waals surface area contributed by atoms with Crippen LogP contribution in [-0.4, -0.2) is 109 Å². The van der Waals surface area contributed by atoms with Crippen LogP contribution in [0.3, 0.4) is 0 Å². The summed E-state index contributed by atoms with van der Waals surface area (Å²) in [6.45, 7) is 1.90. The molecule has 0 aliphatic carbocycles. The summed E-state index contributed by atoms with van der Waals surface area (Å²) in [5, 5.41) is 23.8. The number of thiophene rings is 1. The Morgan fingerprint density at radius 3 is 2.43 bits per heavy atom. The van der Waals surface area contributed by atoms with Crippen LogP contribution >= 0.6 is 22.9 Å². The third-order valence-corrected chi connectivity index (χ3v) is 15.4. The van der Waals surface area contributed by atoms with E-state index in [4.69, 9.17) is 21.4 Å². The second-order valence-corrected chi connectivity index (χ2v) is 20.2. The minimum absolute atomic E-state index is 0.0159. The van der Waals surface area contributed by atoms with Gasteiger partial charge in [0.2, 0.25) is 33.7 Å². The molecule has 5 amide bonds. The first-order chi connectivity index (χ1) is 32.6. The molecular weight excluding hydrogens is 938 g/mol. The number of aliphatic carboxylic acids is 1. The van der Waals surface area contributed by atoms with Crippen LogP contribution in [-0.2, 0) is 46.3 Å². The summed E-state index contributed by atoms with van der Waals surface area (Å²) in [7, 11) is -3.67. The lowest BCUT2D eigenvalue weighted by atomic mass is 10.0. The summed E-state index contributed by atoms with van der Waals surface area (Å²) in [6, 6.07) is 18.6. The Labute approximate surface area is 402 Å². The van der Waals surface area contributed by atoms with Gasteiger partial charge in [0, 0.05) is 80.2 Å². The number of piperidine rings is 2. The summed E-state index contributed by atoms with van der Waals surface area (Å²) in [5.41, 5.74) is 4.27. The molecule has 0 radical (unpaired) electrons. The molecule has 21 heteroatoms. The molecule has 7 rings (SSSR count). The molecule has 1 aromatic heterocycles. The number of halogens is 1. The molecule has 3 aliphatic heterocycles. The third kappa shape index (κ3) is 12.4. The van der Waals surface area contributed by atoms with Crippen molar-refractivity contribution in [2.75, 3.05) is 48.7 Å². The maximum Gasteiger partial charge on any atom is 0.341 e. The van der Waals surface area contributed by atoms with E-state index in [1.807, 2.05) is 24.3 Å². The molecule has 1 atom stereocenters. The van der Waals surface area contributed by atoms with Gasteiger partial charge >= 0.3 is 5.97 Å². The molecule has 0 saturated carbocycles. The summed E-state index contributed by atoms with van der Waals surface area (Å²) in [5.74, 6) is -3.27. The van der Waals surface area contributed by atoms with Crippen LogP contribution in [0, 0.1) is 0 Å². The van der Waals surface area contributed by atoms with Gasteiger partial charge in [-0.05, 0) is 79.6 Å².